The van der Waals surface area contributed by atoms with Crippen LogP contribution in [0.2, 0.25) is 0 Å². The molecule has 0 bridgehead atoms. The number of urea groups is 1. The smallest absolute Gasteiger partial charge is 0.320 e. The molecule has 2 amide bonds. The molecule has 0 saturated carbocycles. The van der Waals surface area contributed by atoms with Crippen LogP contribution < -0.4 is 10.6 Å². The number of anilines is 1. The number of aryl methyl sites for hydroxylation is 1. The predicted molar refractivity (Wildman–Crippen MR) is 65.5 cm³/mol. The molecule has 4 nitrogen and oxygen atoms in total. The number of hydrogen-bond donors (Lipinski definition) is 2. The van der Waals surface area contributed by atoms with Gasteiger partial charge >= 0.3 is 6.03 Å². The molecular formula is C12H19N3O. The van der Waals surface area contributed by atoms with Crippen LogP contribution in [0.5, 0.6) is 0 Å². The van der Waals surface area contributed by atoms with Crippen LogP contribution in [0, 0.1) is 0 Å². The third-order valence-corrected chi connectivity index (χ3v) is 1.96. The van der Waals surface area contributed by atoms with Gasteiger partial charge in [0.15, 0.2) is 0 Å². The fourth-order valence-electron chi connectivity index (χ4n) is 1.25. The van der Waals surface area contributed by atoms with Crippen LogP contribution in [-0.4, -0.2) is 16.6 Å². The van der Waals surface area contributed by atoms with Crippen LogP contribution >= 0.6 is 0 Å². The SMILES string of the molecule is CCc1ccnc(NC(=O)NC(C)(C)C)c1. The molecule has 88 valence electrons. The van der Waals surface area contributed by atoms with Gasteiger partial charge in [0.2, 0.25) is 0 Å². The van der Waals surface area contributed by atoms with Crippen molar-refractivity contribution in [1.82, 2.24) is 10.3 Å². The van der Waals surface area contributed by atoms with Gasteiger partial charge in [-0.25, -0.2) is 9.78 Å². The maximum absolute atomic E-state index is 11.6. The van der Waals surface area contributed by atoms with Gasteiger partial charge in [-0.15, -0.1) is 0 Å². The predicted octanol–water partition coefficient (Wildman–Crippen LogP) is 2.56. The van der Waals surface area contributed by atoms with Crippen molar-refractivity contribution in [2.24, 2.45) is 0 Å². The lowest BCUT2D eigenvalue weighted by Gasteiger charge is -2.20. The van der Waals surface area contributed by atoms with Gasteiger partial charge in [0.1, 0.15) is 5.82 Å². The van der Waals surface area contributed by atoms with Gasteiger partial charge in [0.05, 0.1) is 0 Å². The molecule has 4 heteroatoms. The van der Waals surface area contributed by atoms with E-state index < -0.39 is 0 Å². The third-order valence-electron chi connectivity index (χ3n) is 1.96. The summed E-state index contributed by atoms with van der Waals surface area (Å²) in [4.78, 5) is 15.7. The summed E-state index contributed by atoms with van der Waals surface area (Å²) < 4.78 is 0. The standard InChI is InChI=1S/C12H19N3O/c1-5-9-6-7-13-10(8-9)14-11(16)15-12(2,3)4/h6-8H,5H2,1-4H3,(H2,13,14,15,16). The van der Waals surface area contributed by atoms with Crippen molar-refractivity contribution in [2.45, 2.75) is 39.7 Å². The first-order chi connectivity index (χ1) is 7.40. The molecule has 0 aliphatic heterocycles. The molecule has 0 aliphatic rings. The number of pyridine rings is 1. The summed E-state index contributed by atoms with van der Waals surface area (Å²) in [6.07, 6.45) is 2.63. The molecule has 1 aromatic heterocycles. The highest BCUT2D eigenvalue weighted by Crippen LogP contribution is 2.07. The van der Waals surface area contributed by atoms with Gasteiger partial charge in [0, 0.05) is 11.7 Å². The average Bonchev–Trinajstić information content (AvgIpc) is 2.15. The Bertz CT molecular complexity index is 369. The molecule has 0 radical (unpaired) electrons. The fraction of sp³-hybridized carbons (Fsp3) is 0.500. The number of amides is 2. The van der Waals surface area contributed by atoms with Gasteiger partial charge in [-0.1, -0.05) is 6.92 Å². The van der Waals surface area contributed by atoms with E-state index in [0.29, 0.717) is 5.82 Å². The topological polar surface area (TPSA) is 54.0 Å². The van der Waals surface area contributed by atoms with Crippen molar-refractivity contribution in [3.05, 3.63) is 23.9 Å². The van der Waals surface area contributed by atoms with Crippen LogP contribution in [0.1, 0.15) is 33.3 Å². The second kappa shape index (κ2) is 4.96. The number of aromatic nitrogens is 1. The Balaban J connectivity index is 2.62. The number of carbonyl (C=O) groups is 1. The molecule has 1 heterocycles. The Kier molecular flexibility index (Phi) is 3.88. The second-order valence-corrected chi connectivity index (χ2v) is 4.73. The summed E-state index contributed by atoms with van der Waals surface area (Å²) in [5, 5.41) is 5.53. The average molecular weight is 221 g/mol. The van der Waals surface area contributed by atoms with Crippen molar-refractivity contribution in [1.29, 1.82) is 0 Å². The molecule has 0 fully saturated rings. The van der Waals surface area contributed by atoms with Crippen LogP contribution in [0.4, 0.5) is 10.6 Å². The van der Waals surface area contributed by atoms with Crippen molar-refractivity contribution < 1.29 is 4.79 Å². The zero-order valence-electron chi connectivity index (χ0n) is 10.3. The van der Waals surface area contributed by atoms with E-state index in [1.807, 2.05) is 32.9 Å². The Morgan fingerprint density at radius 2 is 2.12 bits per heavy atom. The molecule has 0 spiro atoms. The highest BCUT2D eigenvalue weighted by atomic mass is 16.2. The number of nitrogens with zero attached hydrogens (tertiary/aromatic N) is 1. The van der Waals surface area contributed by atoms with Crippen LogP contribution in [-0.2, 0) is 6.42 Å². The summed E-state index contributed by atoms with van der Waals surface area (Å²) in [5.41, 5.74) is 0.910. The quantitative estimate of drug-likeness (QED) is 0.806. The molecule has 16 heavy (non-hydrogen) atoms. The normalized spacial score (nSPS) is 11.0. The molecule has 0 atom stereocenters. The van der Waals surface area contributed by atoms with E-state index in [2.05, 4.69) is 22.5 Å². The van der Waals surface area contributed by atoms with Gasteiger partial charge in [0.25, 0.3) is 0 Å². The third kappa shape index (κ3) is 4.29. The maximum Gasteiger partial charge on any atom is 0.320 e. The van der Waals surface area contributed by atoms with E-state index in [1.165, 1.54) is 0 Å². The van der Waals surface area contributed by atoms with Crippen molar-refractivity contribution in [3.63, 3.8) is 0 Å². The summed E-state index contributed by atoms with van der Waals surface area (Å²) >= 11 is 0. The largest absolute Gasteiger partial charge is 0.333 e. The van der Waals surface area contributed by atoms with Crippen molar-refractivity contribution >= 4 is 11.8 Å². The van der Waals surface area contributed by atoms with E-state index in [1.54, 1.807) is 6.20 Å². The molecular weight excluding hydrogens is 202 g/mol. The molecule has 2 N–H and O–H groups in total. The Labute approximate surface area is 96.5 Å². The first kappa shape index (κ1) is 12.5. The molecule has 0 aliphatic carbocycles. The van der Waals surface area contributed by atoms with Crippen LogP contribution in [0.15, 0.2) is 18.3 Å². The maximum atomic E-state index is 11.6. The summed E-state index contributed by atoms with van der Waals surface area (Å²) in [6.45, 7) is 7.86. The van der Waals surface area contributed by atoms with E-state index in [9.17, 15) is 4.79 Å². The summed E-state index contributed by atoms with van der Waals surface area (Å²) in [5.74, 6) is 0.584. The van der Waals surface area contributed by atoms with E-state index in [-0.39, 0.29) is 11.6 Å². The van der Waals surface area contributed by atoms with Gasteiger partial charge in [-0.05, 0) is 44.9 Å². The Morgan fingerprint density at radius 1 is 1.44 bits per heavy atom. The summed E-state index contributed by atoms with van der Waals surface area (Å²) in [7, 11) is 0. The van der Waals surface area contributed by atoms with Crippen LogP contribution in [0.25, 0.3) is 0 Å². The minimum absolute atomic E-state index is 0.228. The monoisotopic (exact) mass is 221 g/mol. The zero-order valence-corrected chi connectivity index (χ0v) is 10.3. The number of carbonyl (C=O) groups excluding carboxylic acids is 1. The highest BCUT2D eigenvalue weighted by Gasteiger charge is 2.13. The number of nitrogens with one attached hydrogen (secondary N) is 2. The lowest BCUT2D eigenvalue weighted by atomic mass is 10.1. The molecule has 1 aromatic rings. The van der Waals surface area contributed by atoms with Crippen LogP contribution in [0.3, 0.4) is 0 Å². The highest BCUT2D eigenvalue weighted by molar-refractivity contribution is 5.88. The van der Waals surface area contributed by atoms with Crippen molar-refractivity contribution in [3.8, 4) is 0 Å². The molecule has 0 saturated heterocycles. The fourth-order valence-corrected chi connectivity index (χ4v) is 1.25. The van der Waals surface area contributed by atoms with Gasteiger partial charge in [-0.2, -0.15) is 0 Å². The Morgan fingerprint density at radius 3 is 2.69 bits per heavy atom. The van der Waals surface area contributed by atoms with E-state index in [0.717, 1.165) is 12.0 Å². The lowest BCUT2D eigenvalue weighted by molar-refractivity contribution is 0.243. The van der Waals surface area contributed by atoms with Crippen molar-refractivity contribution in [2.75, 3.05) is 5.32 Å². The number of hydrogen-bond acceptors (Lipinski definition) is 2. The Hall–Kier alpha value is -1.58. The van der Waals surface area contributed by atoms with Gasteiger partial charge < -0.3 is 5.32 Å². The first-order valence-corrected chi connectivity index (χ1v) is 5.45. The van der Waals surface area contributed by atoms with Gasteiger partial charge in [-0.3, -0.25) is 5.32 Å². The molecule has 0 unspecified atom stereocenters. The second-order valence-electron chi connectivity index (χ2n) is 4.73. The number of rotatable bonds is 2. The lowest BCUT2D eigenvalue weighted by Crippen LogP contribution is -2.43. The zero-order chi connectivity index (χ0) is 12.2. The first-order valence-electron chi connectivity index (χ1n) is 5.45. The minimum Gasteiger partial charge on any atom is -0.333 e. The van der Waals surface area contributed by atoms with E-state index in [4.69, 9.17) is 0 Å². The summed E-state index contributed by atoms with van der Waals surface area (Å²) in [6, 6.07) is 3.59. The molecule has 0 aromatic carbocycles. The minimum atomic E-state index is -0.244. The van der Waals surface area contributed by atoms with E-state index >= 15 is 0 Å². The molecule has 1 rings (SSSR count).